The summed E-state index contributed by atoms with van der Waals surface area (Å²) in [6, 6.07) is 16.4. The quantitative estimate of drug-likeness (QED) is 0.554. The minimum Gasteiger partial charge on any atom is -0.459 e. The molecule has 2 heterocycles. The molecule has 0 unspecified atom stereocenters. The Morgan fingerprint density at radius 2 is 1.71 bits per heavy atom. The molecule has 1 aliphatic rings. The van der Waals surface area contributed by atoms with Crippen LogP contribution in [0.1, 0.15) is 16.1 Å². The molecule has 10 heteroatoms. The van der Waals surface area contributed by atoms with E-state index in [1.165, 1.54) is 39.7 Å². The Bertz CT molecular complexity index is 1240. The highest BCUT2D eigenvalue weighted by Gasteiger charge is 2.33. The number of piperazine rings is 1. The second kappa shape index (κ2) is 10.2. The maximum absolute atomic E-state index is 13.5. The second-order valence-corrected chi connectivity index (χ2v) is 9.82. The van der Waals surface area contributed by atoms with Crippen LogP contribution in [0.25, 0.3) is 0 Å². The number of rotatable bonds is 7. The number of nitrogens with zero attached hydrogens (tertiary/aromatic N) is 2. The molecule has 1 aliphatic heterocycles. The maximum Gasteiger partial charge on any atom is 0.287 e. The Balaban J connectivity index is 1.46. The number of furan rings is 1. The zero-order chi connectivity index (χ0) is 24.1. The van der Waals surface area contributed by atoms with Crippen molar-refractivity contribution in [1.29, 1.82) is 0 Å². The summed E-state index contributed by atoms with van der Waals surface area (Å²) in [5.41, 5.74) is 0.868. The van der Waals surface area contributed by atoms with E-state index in [1.807, 2.05) is 30.3 Å². The van der Waals surface area contributed by atoms with E-state index in [2.05, 4.69) is 5.32 Å². The molecule has 0 radical (unpaired) electrons. The van der Waals surface area contributed by atoms with Crippen LogP contribution in [-0.2, 0) is 21.2 Å². The van der Waals surface area contributed by atoms with Crippen molar-refractivity contribution < 1.29 is 26.8 Å². The van der Waals surface area contributed by atoms with Gasteiger partial charge in [-0.25, -0.2) is 12.8 Å². The number of nitrogens with one attached hydrogen (secondary N) is 1. The van der Waals surface area contributed by atoms with E-state index in [4.69, 9.17) is 4.42 Å². The fraction of sp³-hybridized carbons (Fsp3) is 0.250. The van der Waals surface area contributed by atoms with Gasteiger partial charge in [0.15, 0.2) is 5.76 Å². The third kappa shape index (κ3) is 5.35. The van der Waals surface area contributed by atoms with Crippen LogP contribution in [0.3, 0.4) is 0 Å². The molecule has 2 amide bonds. The molecule has 8 nitrogen and oxygen atoms in total. The monoisotopic (exact) mass is 485 g/mol. The molecule has 3 aromatic rings. The lowest BCUT2D eigenvalue weighted by Gasteiger charge is -2.36. The minimum absolute atomic E-state index is 0.0643. The molecule has 2 aromatic carbocycles. The summed E-state index contributed by atoms with van der Waals surface area (Å²) in [7, 11) is -3.88. The van der Waals surface area contributed by atoms with Gasteiger partial charge in [-0.1, -0.05) is 36.4 Å². The average molecular weight is 486 g/mol. The van der Waals surface area contributed by atoms with Crippen molar-refractivity contribution >= 4 is 21.8 Å². The average Bonchev–Trinajstić information content (AvgIpc) is 3.39. The molecule has 34 heavy (non-hydrogen) atoms. The van der Waals surface area contributed by atoms with Crippen molar-refractivity contribution in [2.45, 2.75) is 17.4 Å². The molecule has 1 atom stereocenters. The van der Waals surface area contributed by atoms with Gasteiger partial charge in [0.2, 0.25) is 15.9 Å². The first-order valence-corrected chi connectivity index (χ1v) is 12.2. The Morgan fingerprint density at radius 3 is 2.35 bits per heavy atom. The number of carbonyl (C=O) groups excluding carboxylic acids is 2. The third-order valence-electron chi connectivity index (χ3n) is 5.62. The van der Waals surface area contributed by atoms with Gasteiger partial charge >= 0.3 is 0 Å². The highest BCUT2D eigenvalue weighted by atomic mass is 32.2. The SMILES string of the molecule is O=C(N[C@H](Cc1ccccc1)C(=O)N1CCN(S(=O)(=O)c2cccc(F)c2)CC1)c1ccco1. The van der Waals surface area contributed by atoms with Crippen LogP contribution in [0, 0.1) is 5.82 Å². The van der Waals surface area contributed by atoms with E-state index in [0.29, 0.717) is 0 Å². The lowest BCUT2D eigenvalue weighted by Crippen LogP contribution is -2.56. The standard InChI is InChI=1S/C24H24FN3O5S/c25-19-8-4-9-20(17-19)34(31,32)28-13-11-27(12-14-28)24(30)21(16-18-6-2-1-3-7-18)26-23(29)22-10-5-15-33-22/h1-10,15,17,21H,11-14,16H2,(H,26,29)/t21-/m1/s1. The Hall–Kier alpha value is -3.50. The molecular weight excluding hydrogens is 461 g/mol. The summed E-state index contributed by atoms with van der Waals surface area (Å²) in [5.74, 6) is -1.36. The molecule has 0 saturated carbocycles. The number of sulfonamides is 1. The molecule has 1 aromatic heterocycles. The Morgan fingerprint density at radius 1 is 0.971 bits per heavy atom. The van der Waals surface area contributed by atoms with Crippen molar-refractivity contribution in [2.24, 2.45) is 0 Å². The number of carbonyl (C=O) groups is 2. The zero-order valence-corrected chi connectivity index (χ0v) is 19.1. The molecule has 1 fully saturated rings. The normalized spacial score (nSPS) is 15.6. The van der Waals surface area contributed by atoms with E-state index in [-0.39, 0.29) is 49.2 Å². The molecule has 4 rings (SSSR count). The molecule has 0 bridgehead atoms. The second-order valence-electron chi connectivity index (χ2n) is 7.88. The summed E-state index contributed by atoms with van der Waals surface area (Å²) in [4.78, 5) is 27.3. The van der Waals surface area contributed by atoms with Crippen LogP contribution in [0.4, 0.5) is 4.39 Å². The summed E-state index contributed by atoms with van der Waals surface area (Å²) in [6.07, 6.45) is 1.65. The Labute approximate surface area is 197 Å². The largest absolute Gasteiger partial charge is 0.459 e. The van der Waals surface area contributed by atoms with E-state index in [9.17, 15) is 22.4 Å². The Kier molecular flexibility index (Phi) is 7.09. The van der Waals surface area contributed by atoms with Crippen LogP contribution in [0.15, 0.2) is 82.3 Å². The van der Waals surface area contributed by atoms with Crippen molar-refractivity contribution in [3.8, 4) is 0 Å². The minimum atomic E-state index is -3.88. The first-order valence-electron chi connectivity index (χ1n) is 10.8. The van der Waals surface area contributed by atoms with E-state index >= 15 is 0 Å². The van der Waals surface area contributed by atoms with Crippen molar-refractivity contribution in [2.75, 3.05) is 26.2 Å². The lowest BCUT2D eigenvalue weighted by atomic mass is 10.0. The van der Waals surface area contributed by atoms with E-state index < -0.39 is 27.8 Å². The molecular formula is C24H24FN3O5S. The van der Waals surface area contributed by atoms with Gasteiger partial charge in [0.05, 0.1) is 11.2 Å². The highest BCUT2D eigenvalue weighted by Crippen LogP contribution is 2.19. The summed E-state index contributed by atoms with van der Waals surface area (Å²) < 4.78 is 45.6. The van der Waals surface area contributed by atoms with Crippen molar-refractivity contribution in [1.82, 2.24) is 14.5 Å². The van der Waals surface area contributed by atoms with E-state index in [0.717, 1.165) is 11.6 Å². The predicted molar refractivity (Wildman–Crippen MR) is 122 cm³/mol. The van der Waals surface area contributed by atoms with Crippen LogP contribution in [0.5, 0.6) is 0 Å². The smallest absolute Gasteiger partial charge is 0.287 e. The summed E-state index contributed by atoms with van der Waals surface area (Å²) in [5, 5.41) is 2.74. The summed E-state index contributed by atoms with van der Waals surface area (Å²) in [6.45, 7) is 0.425. The number of amides is 2. The first kappa shape index (κ1) is 23.7. The topological polar surface area (TPSA) is 99.9 Å². The van der Waals surface area contributed by atoms with Crippen LogP contribution < -0.4 is 5.32 Å². The van der Waals surface area contributed by atoms with Crippen molar-refractivity contribution in [3.63, 3.8) is 0 Å². The van der Waals surface area contributed by atoms with Gasteiger partial charge in [-0.05, 0) is 35.9 Å². The van der Waals surface area contributed by atoms with Gasteiger partial charge < -0.3 is 14.6 Å². The van der Waals surface area contributed by atoms with Gasteiger partial charge in [0.25, 0.3) is 5.91 Å². The molecule has 178 valence electrons. The van der Waals surface area contributed by atoms with Gasteiger partial charge in [-0.2, -0.15) is 4.31 Å². The third-order valence-corrected chi connectivity index (χ3v) is 7.51. The molecule has 0 aliphatic carbocycles. The predicted octanol–water partition coefficient (Wildman–Crippen LogP) is 2.29. The molecule has 1 saturated heterocycles. The van der Waals surface area contributed by atoms with Crippen LogP contribution in [0.2, 0.25) is 0 Å². The zero-order valence-electron chi connectivity index (χ0n) is 18.3. The van der Waals surface area contributed by atoms with Gasteiger partial charge in [0, 0.05) is 32.6 Å². The number of halogens is 1. The van der Waals surface area contributed by atoms with Crippen LogP contribution in [-0.4, -0.2) is 61.7 Å². The highest BCUT2D eigenvalue weighted by molar-refractivity contribution is 7.89. The van der Waals surface area contributed by atoms with E-state index in [1.54, 1.807) is 6.07 Å². The fourth-order valence-electron chi connectivity index (χ4n) is 3.83. The van der Waals surface area contributed by atoms with Crippen molar-refractivity contribution in [3.05, 3.63) is 90.1 Å². The maximum atomic E-state index is 13.5. The van der Waals surface area contributed by atoms with Gasteiger partial charge in [-0.15, -0.1) is 0 Å². The number of benzene rings is 2. The van der Waals surface area contributed by atoms with Crippen LogP contribution >= 0.6 is 0 Å². The number of hydrogen-bond acceptors (Lipinski definition) is 5. The molecule has 0 spiro atoms. The summed E-state index contributed by atoms with van der Waals surface area (Å²) >= 11 is 0. The lowest BCUT2D eigenvalue weighted by molar-refractivity contribution is -0.134. The van der Waals surface area contributed by atoms with Gasteiger partial charge in [0.1, 0.15) is 11.9 Å². The molecule has 1 N–H and O–H groups in total. The first-order chi connectivity index (χ1) is 16.3. The van der Waals surface area contributed by atoms with Gasteiger partial charge in [-0.3, -0.25) is 9.59 Å². The number of hydrogen-bond donors (Lipinski definition) is 1. The fourth-order valence-corrected chi connectivity index (χ4v) is 5.29.